The van der Waals surface area contributed by atoms with Crippen molar-refractivity contribution in [1.82, 2.24) is 0 Å². The molecule has 0 saturated carbocycles. The molecule has 0 aliphatic rings. The van der Waals surface area contributed by atoms with Gasteiger partial charge in [0.05, 0.1) is 12.7 Å². The number of hydrogen-bond donors (Lipinski definition) is 0. The SMILES string of the molecule is CCC=CCOC(=O)C=Cc1ccc(C(=O)OC)cc1. The molecule has 1 rings (SSSR count). The lowest BCUT2D eigenvalue weighted by molar-refractivity contribution is -0.136. The van der Waals surface area contributed by atoms with Crippen LogP contribution in [0.3, 0.4) is 0 Å². The summed E-state index contributed by atoms with van der Waals surface area (Å²) < 4.78 is 9.56. The maximum Gasteiger partial charge on any atom is 0.337 e. The highest BCUT2D eigenvalue weighted by Gasteiger charge is 2.03. The minimum Gasteiger partial charge on any atom is -0.465 e. The predicted octanol–water partition coefficient (Wildman–Crippen LogP) is 3.00. The maximum atomic E-state index is 11.4. The Morgan fingerprint density at radius 1 is 1.15 bits per heavy atom. The van der Waals surface area contributed by atoms with Crippen molar-refractivity contribution in [2.24, 2.45) is 0 Å². The van der Waals surface area contributed by atoms with E-state index in [9.17, 15) is 9.59 Å². The van der Waals surface area contributed by atoms with E-state index >= 15 is 0 Å². The smallest absolute Gasteiger partial charge is 0.337 e. The Labute approximate surface area is 118 Å². The second kappa shape index (κ2) is 8.69. The van der Waals surface area contributed by atoms with Crippen molar-refractivity contribution in [2.45, 2.75) is 13.3 Å². The van der Waals surface area contributed by atoms with E-state index in [1.807, 2.05) is 13.0 Å². The van der Waals surface area contributed by atoms with Gasteiger partial charge in [-0.15, -0.1) is 0 Å². The third-order valence-electron chi connectivity index (χ3n) is 2.47. The van der Waals surface area contributed by atoms with Crippen LogP contribution in [-0.4, -0.2) is 25.7 Å². The van der Waals surface area contributed by atoms with Crippen LogP contribution in [0.15, 0.2) is 42.5 Å². The van der Waals surface area contributed by atoms with E-state index < -0.39 is 5.97 Å². The van der Waals surface area contributed by atoms with Gasteiger partial charge in [0.15, 0.2) is 0 Å². The first-order valence-corrected chi connectivity index (χ1v) is 6.35. The van der Waals surface area contributed by atoms with Gasteiger partial charge in [0.1, 0.15) is 6.61 Å². The van der Waals surface area contributed by atoms with Crippen LogP contribution in [0.1, 0.15) is 29.3 Å². The summed E-state index contributed by atoms with van der Waals surface area (Å²) in [6.45, 7) is 2.29. The molecule has 0 N–H and O–H groups in total. The Morgan fingerprint density at radius 3 is 2.45 bits per heavy atom. The second-order valence-electron chi connectivity index (χ2n) is 3.96. The van der Waals surface area contributed by atoms with Gasteiger partial charge in [0, 0.05) is 6.08 Å². The summed E-state index contributed by atoms with van der Waals surface area (Å²) in [5.41, 5.74) is 1.27. The van der Waals surface area contributed by atoms with Gasteiger partial charge in [0.2, 0.25) is 0 Å². The lowest BCUT2D eigenvalue weighted by Gasteiger charge is -1.99. The van der Waals surface area contributed by atoms with Crippen molar-refractivity contribution in [3.63, 3.8) is 0 Å². The summed E-state index contributed by atoms with van der Waals surface area (Å²) in [4.78, 5) is 22.6. The maximum absolute atomic E-state index is 11.4. The number of carbonyl (C=O) groups is 2. The van der Waals surface area contributed by atoms with Crippen LogP contribution in [0.5, 0.6) is 0 Å². The van der Waals surface area contributed by atoms with Crippen LogP contribution in [0.4, 0.5) is 0 Å². The van der Waals surface area contributed by atoms with Crippen LogP contribution in [0.2, 0.25) is 0 Å². The summed E-state index contributed by atoms with van der Waals surface area (Å²) >= 11 is 0. The van der Waals surface area contributed by atoms with Gasteiger partial charge in [-0.1, -0.05) is 31.2 Å². The molecule has 1 aromatic carbocycles. The molecule has 0 heterocycles. The van der Waals surface area contributed by atoms with Gasteiger partial charge < -0.3 is 9.47 Å². The molecule has 20 heavy (non-hydrogen) atoms. The Kier molecular flexibility index (Phi) is 6.82. The molecule has 0 radical (unpaired) electrons. The van der Waals surface area contributed by atoms with Crippen molar-refractivity contribution in [3.05, 3.63) is 53.6 Å². The normalized spacial score (nSPS) is 10.9. The zero-order valence-corrected chi connectivity index (χ0v) is 11.7. The number of allylic oxidation sites excluding steroid dienone is 1. The van der Waals surface area contributed by atoms with E-state index in [4.69, 9.17) is 4.74 Å². The van der Waals surface area contributed by atoms with Crippen LogP contribution in [0.25, 0.3) is 6.08 Å². The van der Waals surface area contributed by atoms with Crippen LogP contribution < -0.4 is 0 Å². The minimum absolute atomic E-state index is 0.276. The first kappa shape index (κ1) is 15.7. The van der Waals surface area contributed by atoms with Crippen LogP contribution in [0, 0.1) is 0 Å². The fourth-order valence-corrected chi connectivity index (χ4v) is 1.43. The summed E-state index contributed by atoms with van der Waals surface area (Å²) in [6, 6.07) is 6.74. The number of methoxy groups -OCH3 is 1. The number of hydrogen-bond acceptors (Lipinski definition) is 4. The highest BCUT2D eigenvalue weighted by atomic mass is 16.5. The molecule has 0 fully saturated rings. The molecule has 0 saturated heterocycles. The van der Waals surface area contributed by atoms with Gasteiger partial charge in [-0.05, 0) is 30.2 Å². The number of benzene rings is 1. The fourth-order valence-electron chi connectivity index (χ4n) is 1.43. The molecule has 0 aliphatic carbocycles. The Bertz CT molecular complexity index is 498. The molecule has 0 aromatic heterocycles. The number of rotatable bonds is 6. The second-order valence-corrected chi connectivity index (χ2v) is 3.96. The number of esters is 2. The van der Waals surface area contributed by atoms with E-state index in [2.05, 4.69) is 4.74 Å². The van der Waals surface area contributed by atoms with Crippen LogP contribution in [-0.2, 0) is 14.3 Å². The van der Waals surface area contributed by atoms with Gasteiger partial charge in [-0.3, -0.25) is 0 Å². The minimum atomic E-state index is -0.400. The first-order valence-electron chi connectivity index (χ1n) is 6.35. The molecule has 4 nitrogen and oxygen atoms in total. The van der Waals surface area contributed by atoms with E-state index in [0.717, 1.165) is 12.0 Å². The molecule has 1 aromatic rings. The topological polar surface area (TPSA) is 52.6 Å². The molecule has 0 aliphatic heterocycles. The van der Waals surface area contributed by atoms with Gasteiger partial charge in [-0.2, -0.15) is 0 Å². The average Bonchev–Trinajstić information content (AvgIpc) is 2.49. The van der Waals surface area contributed by atoms with E-state index in [1.165, 1.54) is 13.2 Å². The summed E-state index contributed by atoms with van der Waals surface area (Å²) in [7, 11) is 1.33. The molecule has 0 atom stereocenters. The van der Waals surface area contributed by atoms with E-state index in [1.54, 1.807) is 36.4 Å². The van der Waals surface area contributed by atoms with Crippen molar-refractivity contribution in [1.29, 1.82) is 0 Å². The molecule has 0 spiro atoms. The third-order valence-corrected chi connectivity index (χ3v) is 2.47. The standard InChI is InChI=1S/C16H18O4/c1-3-4-5-12-20-15(17)11-8-13-6-9-14(10-7-13)16(18)19-2/h4-11H,3,12H2,1-2H3. The van der Waals surface area contributed by atoms with Gasteiger partial charge in [0.25, 0.3) is 0 Å². The van der Waals surface area contributed by atoms with Crippen molar-refractivity contribution in [3.8, 4) is 0 Å². The third kappa shape index (κ3) is 5.52. The molecule has 106 valence electrons. The monoisotopic (exact) mass is 274 g/mol. The molecule has 4 heteroatoms. The number of carbonyl (C=O) groups excluding carboxylic acids is 2. The predicted molar refractivity (Wildman–Crippen MR) is 77.2 cm³/mol. The van der Waals surface area contributed by atoms with E-state index in [-0.39, 0.29) is 12.6 Å². The molecular weight excluding hydrogens is 256 g/mol. The summed E-state index contributed by atoms with van der Waals surface area (Å²) in [5.74, 6) is -0.787. The molecule has 0 bridgehead atoms. The van der Waals surface area contributed by atoms with E-state index in [0.29, 0.717) is 5.56 Å². The van der Waals surface area contributed by atoms with Gasteiger partial charge in [-0.25, -0.2) is 9.59 Å². The Balaban J connectivity index is 2.51. The molecule has 0 amide bonds. The lowest BCUT2D eigenvalue weighted by Crippen LogP contribution is -2.01. The fraction of sp³-hybridized carbons (Fsp3) is 0.250. The highest BCUT2D eigenvalue weighted by molar-refractivity contribution is 5.90. The largest absolute Gasteiger partial charge is 0.465 e. The van der Waals surface area contributed by atoms with Crippen molar-refractivity contribution < 1.29 is 19.1 Å². The van der Waals surface area contributed by atoms with Crippen molar-refractivity contribution >= 4 is 18.0 Å². The van der Waals surface area contributed by atoms with Gasteiger partial charge >= 0.3 is 11.9 Å². The zero-order valence-electron chi connectivity index (χ0n) is 11.7. The lowest BCUT2D eigenvalue weighted by atomic mass is 10.1. The number of ether oxygens (including phenoxy) is 2. The first-order chi connectivity index (χ1) is 9.67. The summed E-state index contributed by atoms with van der Waals surface area (Å²) in [5, 5.41) is 0. The molecule has 0 unspecified atom stereocenters. The van der Waals surface area contributed by atoms with Crippen molar-refractivity contribution in [2.75, 3.05) is 13.7 Å². The summed E-state index contributed by atoms with van der Waals surface area (Å²) in [6.07, 6.45) is 7.64. The van der Waals surface area contributed by atoms with Crippen LogP contribution >= 0.6 is 0 Å². The Morgan fingerprint density at radius 2 is 1.85 bits per heavy atom. The quantitative estimate of drug-likeness (QED) is 0.454. The Hall–Kier alpha value is -2.36. The average molecular weight is 274 g/mol. The molecular formula is C16H18O4. The zero-order chi connectivity index (χ0) is 14.8. The highest BCUT2D eigenvalue weighted by Crippen LogP contribution is 2.07.